The number of amides is 5. The SMILES string of the molecule is Cc1cc(CNC(=O)c2nc3n(c(=O)c2O)CC2(NC(=O)N(C)C)CCC3(NC(=O)C(=O)N(C)C)CC2)ccc1F. The summed E-state index contributed by atoms with van der Waals surface area (Å²) < 4.78 is 14.8. The van der Waals surface area contributed by atoms with Gasteiger partial charge in [-0.1, -0.05) is 12.1 Å². The quantitative estimate of drug-likeness (QED) is 0.375. The smallest absolute Gasteiger partial charge is 0.317 e. The second-order valence-electron chi connectivity index (χ2n) is 11.1. The van der Waals surface area contributed by atoms with Crippen molar-refractivity contribution in [2.24, 2.45) is 0 Å². The fraction of sp³-hybridized carbons (Fsp3) is 0.481. The first-order valence-corrected chi connectivity index (χ1v) is 13.1. The van der Waals surface area contributed by atoms with E-state index in [1.165, 1.54) is 31.1 Å². The predicted octanol–water partition coefficient (Wildman–Crippen LogP) is 0.324. The lowest BCUT2D eigenvalue weighted by Gasteiger charge is -2.42. The van der Waals surface area contributed by atoms with E-state index >= 15 is 0 Å². The Kier molecular flexibility index (Phi) is 7.78. The zero-order valence-electron chi connectivity index (χ0n) is 23.6. The third-order valence-corrected chi connectivity index (χ3v) is 7.72. The molecule has 3 heterocycles. The molecule has 2 aromatic rings. The molecule has 5 rings (SSSR count). The van der Waals surface area contributed by atoms with Gasteiger partial charge < -0.3 is 30.9 Å². The molecule has 14 heteroatoms. The Labute approximate surface area is 235 Å². The van der Waals surface area contributed by atoms with E-state index in [1.54, 1.807) is 27.1 Å². The molecule has 0 radical (unpaired) electrons. The van der Waals surface area contributed by atoms with Gasteiger partial charge in [-0.2, -0.15) is 0 Å². The van der Waals surface area contributed by atoms with Crippen LogP contribution in [0.5, 0.6) is 5.75 Å². The van der Waals surface area contributed by atoms with Crippen molar-refractivity contribution in [3.8, 4) is 5.75 Å². The number of carbonyl (C=O) groups excluding carboxylic acids is 4. The Balaban J connectivity index is 1.76. The number of aromatic hydroxyl groups is 1. The highest BCUT2D eigenvalue weighted by molar-refractivity contribution is 6.35. The molecule has 2 aliphatic heterocycles. The highest BCUT2D eigenvalue weighted by Crippen LogP contribution is 2.45. The van der Waals surface area contributed by atoms with E-state index in [9.17, 15) is 33.5 Å². The fourth-order valence-electron chi connectivity index (χ4n) is 5.30. The number of likely N-dealkylation sites (N-methyl/N-ethyl adjacent to an activating group) is 1. The van der Waals surface area contributed by atoms with Gasteiger partial charge in [0, 0.05) is 34.7 Å². The molecule has 1 aliphatic carbocycles. The Morgan fingerprint density at radius 3 is 2.29 bits per heavy atom. The zero-order valence-corrected chi connectivity index (χ0v) is 23.6. The van der Waals surface area contributed by atoms with Crippen molar-refractivity contribution >= 4 is 23.8 Å². The minimum absolute atomic E-state index is 0.00135. The largest absolute Gasteiger partial charge is 0.501 e. The summed E-state index contributed by atoms with van der Waals surface area (Å²) in [4.78, 5) is 71.6. The van der Waals surface area contributed by atoms with Crippen LogP contribution in [0.4, 0.5) is 9.18 Å². The van der Waals surface area contributed by atoms with E-state index in [2.05, 4.69) is 20.9 Å². The van der Waals surface area contributed by atoms with Crippen molar-refractivity contribution < 1.29 is 28.7 Å². The van der Waals surface area contributed by atoms with E-state index in [-0.39, 0.29) is 37.8 Å². The Hall–Kier alpha value is -4.49. The molecule has 5 amide bonds. The maximum Gasteiger partial charge on any atom is 0.317 e. The molecule has 0 saturated heterocycles. The van der Waals surface area contributed by atoms with Crippen molar-refractivity contribution in [3.05, 3.63) is 57.0 Å². The maximum absolute atomic E-state index is 13.6. The average Bonchev–Trinajstić information content (AvgIpc) is 3.13. The van der Waals surface area contributed by atoms with Gasteiger partial charge in [-0.3, -0.25) is 23.7 Å². The normalized spacial score (nSPS) is 20.8. The molecule has 0 spiro atoms. The average molecular weight is 572 g/mol. The number of nitrogens with one attached hydrogen (secondary N) is 3. The molecule has 220 valence electrons. The number of nitrogens with zero attached hydrogens (tertiary/aromatic N) is 4. The summed E-state index contributed by atoms with van der Waals surface area (Å²) in [5.74, 6) is -3.89. The Morgan fingerprint density at radius 1 is 1.05 bits per heavy atom. The maximum atomic E-state index is 13.6. The molecular weight excluding hydrogens is 537 g/mol. The third-order valence-electron chi connectivity index (χ3n) is 7.72. The van der Waals surface area contributed by atoms with E-state index in [0.29, 0.717) is 24.0 Å². The molecule has 0 atom stereocenters. The van der Waals surface area contributed by atoms with Crippen molar-refractivity contribution in [3.63, 3.8) is 0 Å². The van der Waals surface area contributed by atoms with Crippen LogP contribution >= 0.6 is 0 Å². The first-order chi connectivity index (χ1) is 19.2. The molecule has 1 aromatic carbocycles. The standard InChI is InChI=1S/C27H34FN7O6/c1-15-12-16(6-7-17(15)28)13-29-20(37)18-19(36)22(39)35-14-26(32-25(41)34(4)5)8-10-27(11-9-26,24(35)30-18)31-21(38)23(40)33(2)3/h6-7,12,36H,8-11,13-14H2,1-5H3,(H,29,37)(H,31,38)(H,32,41). The van der Waals surface area contributed by atoms with Crippen LogP contribution in [0.2, 0.25) is 0 Å². The minimum atomic E-state index is -1.33. The molecule has 41 heavy (non-hydrogen) atoms. The highest BCUT2D eigenvalue weighted by Gasteiger charge is 2.52. The topological polar surface area (TPSA) is 166 Å². The van der Waals surface area contributed by atoms with Crippen LogP contribution in [0.25, 0.3) is 0 Å². The Bertz CT molecular complexity index is 1480. The number of urea groups is 1. The van der Waals surface area contributed by atoms with Crippen molar-refractivity contribution in [2.75, 3.05) is 28.2 Å². The molecule has 13 nitrogen and oxygen atoms in total. The molecule has 1 saturated carbocycles. The van der Waals surface area contributed by atoms with Gasteiger partial charge in [-0.05, 0) is 49.8 Å². The van der Waals surface area contributed by atoms with Crippen LogP contribution in [-0.4, -0.2) is 81.9 Å². The second kappa shape index (κ2) is 10.8. The molecule has 1 fully saturated rings. The molecule has 2 bridgehead atoms. The van der Waals surface area contributed by atoms with Gasteiger partial charge in [-0.15, -0.1) is 0 Å². The monoisotopic (exact) mass is 571 g/mol. The van der Waals surface area contributed by atoms with Gasteiger partial charge in [0.15, 0.2) is 5.69 Å². The van der Waals surface area contributed by atoms with Crippen LogP contribution in [0, 0.1) is 12.7 Å². The van der Waals surface area contributed by atoms with Crippen LogP contribution in [0.15, 0.2) is 23.0 Å². The summed E-state index contributed by atoms with van der Waals surface area (Å²) in [5, 5.41) is 19.1. The van der Waals surface area contributed by atoms with Gasteiger partial charge in [0.2, 0.25) is 5.75 Å². The lowest BCUT2D eigenvalue weighted by molar-refractivity contribution is -0.145. The van der Waals surface area contributed by atoms with E-state index in [1.807, 2.05) is 0 Å². The van der Waals surface area contributed by atoms with Gasteiger partial charge in [0.1, 0.15) is 11.6 Å². The summed E-state index contributed by atoms with van der Waals surface area (Å²) >= 11 is 0. The summed E-state index contributed by atoms with van der Waals surface area (Å²) in [6.07, 6.45) is 1.02. The number of rotatable bonds is 5. The first kappa shape index (κ1) is 29.5. The van der Waals surface area contributed by atoms with E-state index in [4.69, 9.17) is 0 Å². The minimum Gasteiger partial charge on any atom is -0.501 e. The Morgan fingerprint density at radius 2 is 1.71 bits per heavy atom. The fourth-order valence-corrected chi connectivity index (χ4v) is 5.30. The number of hydrogen-bond donors (Lipinski definition) is 4. The predicted molar refractivity (Wildman–Crippen MR) is 144 cm³/mol. The molecule has 1 aromatic heterocycles. The van der Waals surface area contributed by atoms with Crippen LogP contribution < -0.4 is 21.5 Å². The lowest BCUT2D eigenvalue weighted by Crippen LogP contribution is -2.58. The number of hydrogen-bond acceptors (Lipinski definition) is 7. The number of aryl methyl sites for hydroxylation is 1. The van der Waals surface area contributed by atoms with Crippen LogP contribution in [-0.2, 0) is 28.2 Å². The van der Waals surface area contributed by atoms with E-state index < -0.39 is 51.6 Å². The number of aromatic nitrogens is 2. The molecule has 0 unspecified atom stereocenters. The first-order valence-electron chi connectivity index (χ1n) is 13.1. The van der Waals surface area contributed by atoms with Gasteiger partial charge in [-0.25, -0.2) is 14.2 Å². The summed E-state index contributed by atoms with van der Waals surface area (Å²) in [6, 6.07) is 3.93. The summed E-state index contributed by atoms with van der Waals surface area (Å²) in [6.45, 7) is 1.48. The van der Waals surface area contributed by atoms with Gasteiger partial charge in [0.25, 0.3) is 11.5 Å². The van der Waals surface area contributed by atoms with Crippen molar-refractivity contribution in [1.82, 2.24) is 35.3 Å². The van der Waals surface area contributed by atoms with E-state index in [0.717, 1.165) is 9.47 Å². The molecular formula is C27H34FN7O6. The summed E-state index contributed by atoms with van der Waals surface area (Å²) in [5.41, 5.74) is -2.74. The van der Waals surface area contributed by atoms with Gasteiger partial charge in [0.05, 0.1) is 17.6 Å². The summed E-state index contributed by atoms with van der Waals surface area (Å²) in [7, 11) is 6.01. The third kappa shape index (κ3) is 5.58. The second-order valence-corrected chi connectivity index (χ2v) is 11.1. The number of benzene rings is 1. The van der Waals surface area contributed by atoms with Crippen molar-refractivity contribution in [2.45, 2.75) is 56.8 Å². The molecule has 4 N–H and O–H groups in total. The van der Waals surface area contributed by atoms with Crippen LogP contribution in [0.3, 0.4) is 0 Å². The lowest BCUT2D eigenvalue weighted by atomic mass is 9.73. The van der Waals surface area contributed by atoms with Gasteiger partial charge >= 0.3 is 17.8 Å². The highest BCUT2D eigenvalue weighted by atomic mass is 19.1. The number of carbonyl (C=O) groups is 4. The van der Waals surface area contributed by atoms with Crippen molar-refractivity contribution in [1.29, 1.82) is 0 Å². The van der Waals surface area contributed by atoms with Crippen LogP contribution in [0.1, 0.15) is 53.1 Å². The number of halogens is 1. The number of fused-ring (bicyclic) bond motifs is 2. The molecule has 3 aliphatic rings. The zero-order chi connectivity index (χ0) is 30.3.